The Morgan fingerprint density at radius 3 is 2.80 bits per heavy atom. The van der Waals surface area contributed by atoms with E-state index in [0.29, 0.717) is 23.5 Å². The molecular formula is C17H18FN3O4. The van der Waals surface area contributed by atoms with Gasteiger partial charge in [-0.05, 0) is 19.4 Å². The van der Waals surface area contributed by atoms with Crippen LogP contribution in [0.5, 0.6) is 5.75 Å². The summed E-state index contributed by atoms with van der Waals surface area (Å²) < 4.78 is 22.4. The Bertz CT molecular complexity index is 955. The predicted octanol–water partition coefficient (Wildman–Crippen LogP) is 1.85. The predicted molar refractivity (Wildman–Crippen MR) is 89.9 cm³/mol. The lowest BCUT2D eigenvalue weighted by Crippen LogP contribution is -2.35. The first-order valence-corrected chi connectivity index (χ1v) is 8.16. The maximum atomic E-state index is 14.9. The summed E-state index contributed by atoms with van der Waals surface area (Å²) in [6.07, 6.45) is 2.23. The summed E-state index contributed by atoms with van der Waals surface area (Å²) in [6.45, 7) is 3.60. The molecule has 2 aliphatic rings. The summed E-state index contributed by atoms with van der Waals surface area (Å²) in [6, 6.07) is 0.968. The van der Waals surface area contributed by atoms with Gasteiger partial charge in [-0.25, -0.2) is 14.2 Å². The molecule has 1 saturated heterocycles. The normalized spacial score (nSPS) is 20.1. The van der Waals surface area contributed by atoms with E-state index in [4.69, 9.17) is 4.74 Å². The standard InChI is InChI=1S/C17H18FN3O4/c1-9-8-25-16-13-10(15(22)11(17(23)24)7-20(9)13)6-12(18)14(16)21-5-3-4-19(21)2/h6-7,9H,3-5,8H2,1-2H3,(H,23,24). The average molecular weight is 347 g/mol. The van der Waals surface area contributed by atoms with E-state index >= 15 is 0 Å². The Hall–Kier alpha value is -2.61. The number of carbonyl (C=O) groups is 1. The number of hydrogen-bond donors (Lipinski definition) is 1. The van der Waals surface area contributed by atoms with Crippen molar-refractivity contribution in [2.45, 2.75) is 19.4 Å². The van der Waals surface area contributed by atoms with Gasteiger partial charge in [0.1, 0.15) is 17.9 Å². The fourth-order valence-corrected chi connectivity index (χ4v) is 3.63. The number of hydrazine groups is 1. The largest absolute Gasteiger partial charge is 0.487 e. The molecule has 0 amide bonds. The number of aromatic nitrogens is 1. The van der Waals surface area contributed by atoms with E-state index in [1.54, 1.807) is 9.58 Å². The second-order valence-electron chi connectivity index (χ2n) is 6.53. The molecule has 132 valence electrons. The van der Waals surface area contributed by atoms with Crippen LogP contribution in [0.25, 0.3) is 10.9 Å². The van der Waals surface area contributed by atoms with Gasteiger partial charge >= 0.3 is 5.97 Å². The zero-order valence-electron chi connectivity index (χ0n) is 14.0. The van der Waals surface area contributed by atoms with E-state index in [9.17, 15) is 19.1 Å². The van der Waals surface area contributed by atoms with Gasteiger partial charge in [-0.3, -0.25) is 9.80 Å². The fraction of sp³-hybridized carbons (Fsp3) is 0.412. The second-order valence-corrected chi connectivity index (χ2v) is 6.53. The molecule has 8 heteroatoms. The fourth-order valence-electron chi connectivity index (χ4n) is 3.63. The highest BCUT2D eigenvalue weighted by Gasteiger charge is 2.32. The molecule has 1 atom stereocenters. The minimum Gasteiger partial charge on any atom is -0.487 e. The highest BCUT2D eigenvalue weighted by Crippen LogP contribution is 2.42. The van der Waals surface area contributed by atoms with E-state index in [-0.39, 0.29) is 23.6 Å². The van der Waals surface area contributed by atoms with Crippen molar-refractivity contribution in [2.24, 2.45) is 0 Å². The maximum Gasteiger partial charge on any atom is 0.341 e. The molecule has 0 spiro atoms. The van der Waals surface area contributed by atoms with Crippen molar-refractivity contribution in [2.75, 3.05) is 31.8 Å². The van der Waals surface area contributed by atoms with E-state index in [0.717, 1.165) is 19.0 Å². The first kappa shape index (κ1) is 15.9. The molecule has 2 aromatic rings. The van der Waals surface area contributed by atoms with Crippen LogP contribution in [0.3, 0.4) is 0 Å². The molecular weight excluding hydrogens is 329 g/mol. The van der Waals surface area contributed by atoms with Crippen LogP contribution >= 0.6 is 0 Å². The van der Waals surface area contributed by atoms with Crippen molar-refractivity contribution in [3.63, 3.8) is 0 Å². The van der Waals surface area contributed by atoms with Crippen LogP contribution in [0, 0.1) is 5.82 Å². The van der Waals surface area contributed by atoms with Gasteiger partial charge in [-0.1, -0.05) is 0 Å². The molecule has 2 aliphatic heterocycles. The SMILES string of the molecule is CC1COc2c(N3CCCN3C)c(F)cc3c(=O)c(C(=O)O)cn1c23. The molecule has 4 rings (SSSR count). The first-order valence-electron chi connectivity index (χ1n) is 8.16. The van der Waals surface area contributed by atoms with Gasteiger partial charge < -0.3 is 14.4 Å². The number of aromatic carboxylic acids is 1. The van der Waals surface area contributed by atoms with Crippen LogP contribution < -0.4 is 15.2 Å². The highest BCUT2D eigenvalue weighted by molar-refractivity contribution is 5.97. The van der Waals surface area contributed by atoms with Crippen LogP contribution in [0.1, 0.15) is 29.7 Å². The number of carboxylic acids is 1. The van der Waals surface area contributed by atoms with Crippen LogP contribution in [-0.2, 0) is 0 Å². The summed E-state index contributed by atoms with van der Waals surface area (Å²) in [5, 5.41) is 13.0. The van der Waals surface area contributed by atoms with Crippen LogP contribution in [0.4, 0.5) is 10.1 Å². The minimum atomic E-state index is -1.32. The van der Waals surface area contributed by atoms with Crippen molar-refractivity contribution in [3.05, 3.63) is 33.9 Å². The Balaban J connectivity index is 2.10. The number of benzene rings is 1. The smallest absolute Gasteiger partial charge is 0.341 e. The lowest BCUT2D eigenvalue weighted by atomic mass is 10.1. The van der Waals surface area contributed by atoms with Gasteiger partial charge in [0.05, 0.1) is 16.9 Å². The zero-order chi connectivity index (χ0) is 17.9. The summed E-state index contributed by atoms with van der Waals surface area (Å²) in [5.41, 5.74) is -0.309. The number of rotatable bonds is 2. The number of halogens is 1. The van der Waals surface area contributed by atoms with Crippen LogP contribution in [0.2, 0.25) is 0 Å². The maximum absolute atomic E-state index is 14.9. The van der Waals surface area contributed by atoms with Crippen molar-refractivity contribution in [1.29, 1.82) is 0 Å². The topological polar surface area (TPSA) is 75.0 Å². The van der Waals surface area contributed by atoms with Crippen molar-refractivity contribution < 1.29 is 19.0 Å². The first-order chi connectivity index (χ1) is 11.9. The third-order valence-corrected chi connectivity index (χ3v) is 4.89. The molecule has 3 heterocycles. The molecule has 1 aromatic heterocycles. The quantitative estimate of drug-likeness (QED) is 0.894. The van der Waals surface area contributed by atoms with Crippen molar-refractivity contribution in [1.82, 2.24) is 9.58 Å². The third-order valence-electron chi connectivity index (χ3n) is 4.89. The van der Waals surface area contributed by atoms with E-state index < -0.39 is 17.2 Å². The van der Waals surface area contributed by atoms with Crippen molar-refractivity contribution >= 4 is 22.6 Å². The summed E-state index contributed by atoms with van der Waals surface area (Å²) in [4.78, 5) is 23.9. The molecule has 1 fully saturated rings. The van der Waals surface area contributed by atoms with E-state index in [2.05, 4.69) is 0 Å². The molecule has 1 unspecified atom stereocenters. The Labute approximate surface area is 142 Å². The van der Waals surface area contributed by atoms with E-state index in [1.807, 2.05) is 19.0 Å². The number of nitrogens with zero attached hydrogens (tertiary/aromatic N) is 3. The van der Waals surface area contributed by atoms with Gasteiger partial charge in [0.25, 0.3) is 0 Å². The number of pyridine rings is 1. The van der Waals surface area contributed by atoms with Gasteiger partial charge in [0.15, 0.2) is 11.6 Å². The molecule has 0 radical (unpaired) electrons. The molecule has 0 aliphatic carbocycles. The lowest BCUT2D eigenvalue weighted by molar-refractivity contribution is 0.0694. The monoisotopic (exact) mass is 347 g/mol. The Kier molecular flexibility index (Phi) is 3.47. The van der Waals surface area contributed by atoms with Gasteiger partial charge in [0.2, 0.25) is 5.43 Å². The number of hydrogen-bond acceptors (Lipinski definition) is 5. The highest BCUT2D eigenvalue weighted by atomic mass is 19.1. The number of carboxylic acid groups (broad SMARTS) is 1. The van der Waals surface area contributed by atoms with Crippen LogP contribution in [-0.4, -0.2) is 47.4 Å². The third kappa shape index (κ3) is 2.21. The molecule has 0 saturated carbocycles. The van der Waals surface area contributed by atoms with Gasteiger partial charge in [-0.2, -0.15) is 0 Å². The number of ether oxygens (including phenoxy) is 1. The van der Waals surface area contributed by atoms with Gasteiger partial charge in [0, 0.05) is 26.3 Å². The summed E-state index contributed by atoms with van der Waals surface area (Å²) in [5.74, 6) is -1.60. The number of anilines is 1. The Morgan fingerprint density at radius 1 is 1.40 bits per heavy atom. The minimum absolute atomic E-state index is 0.0320. The molecule has 1 aromatic carbocycles. The van der Waals surface area contributed by atoms with E-state index in [1.165, 1.54) is 6.20 Å². The van der Waals surface area contributed by atoms with Gasteiger partial charge in [-0.15, -0.1) is 0 Å². The summed E-state index contributed by atoms with van der Waals surface area (Å²) in [7, 11) is 1.87. The molecule has 1 N–H and O–H groups in total. The van der Waals surface area contributed by atoms with Crippen LogP contribution in [0.15, 0.2) is 17.1 Å². The Morgan fingerprint density at radius 2 is 2.16 bits per heavy atom. The molecule has 0 bridgehead atoms. The molecule has 7 nitrogen and oxygen atoms in total. The second kappa shape index (κ2) is 5.45. The van der Waals surface area contributed by atoms with Crippen molar-refractivity contribution in [3.8, 4) is 5.75 Å². The molecule has 25 heavy (non-hydrogen) atoms. The lowest BCUT2D eigenvalue weighted by Gasteiger charge is -2.33. The zero-order valence-corrected chi connectivity index (χ0v) is 14.0. The summed E-state index contributed by atoms with van der Waals surface area (Å²) >= 11 is 0. The average Bonchev–Trinajstić information content (AvgIpc) is 2.97.